The van der Waals surface area contributed by atoms with Gasteiger partial charge in [0.2, 0.25) is 0 Å². The average Bonchev–Trinajstić information content (AvgIpc) is 2.95. The molecular weight excluding hydrogens is 424 g/mol. The van der Waals surface area contributed by atoms with Crippen molar-refractivity contribution >= 4 is 12.3 Å². The number of aryl methyl sites for hydroxylation is 1. The smallest absolute Gasteiger partial charge is 0.156 e. The Morgan fingerprint density at radius 3 is 1.97 bits per heavy atom. The minimum atomic E-state index is -0.490. The fourth-order valence-electron chi connectivity index (χ4n) is 3.75. The molecule has 184 valence electrons. The molecule has 2 nitrogen and oxygen atoms in total. The molecule has 0 spiro atoms. The van der Waals surface area contributed by atoms with Crippen molar-refractivity contribution in [2.45, 2.75) is 46.7 Å². The van der Waals surface area contributed by atoms with Crippen molar-refractivity contribution in [3.8, 4) is 11.1 Å². The van der Waals surface area contributed by atoms with Gasteiger partial charge in [0.05, 0.1) is 0 Å². The van der Waals surface area contributed by atoms with Crippen molar-refractivity contribution in [2.24, 2.45) is 4.99 Å². The minimum Gasteiger partial charge on any atom is -0.289 e. The lowest BCUT2D eigenvalue weighted by atomic mass is 9.92. The van der Waals surface area contributed by atoms with E-state index < -0.39 is 5.66 Å². The van der Waals surface area contributed by atoms with Crippen molar-refractivity contribution in [3.05, 3.63) is 126 Å². The summed E-state index contributed by atoms with van der Waals surface area (Å²) >= 11 is 0. The van der Waals surface area contributed by atoms with Crippen LogP contribution in [-0.4, -0.2) is 13.8 Å². The molecule has 0 saturated carbocycles. The Morgan fingerprint density at radius 2 is 1.51 bits per heavy atom. The molecule has 2 heteroatoms. The summed E-state index contributed by atoms with van der Waals surface area (Å²) in [6, 6.07) is 27.2. The first-order chi connectivity index (χ1) is 16.9. The summed E-state index contributed by atoms with van der Waals surface area (Å²) in [4.78, 5) is 4.25. The number of hydrogen-bond donors (Lipinski definition) is 1. The summed E-state index contributed by atoms with van der Waals surface area (Å²) in [5.74, 6) is 0. The van der Waals surface area contributed by atoms with Crippen LogP contribution in [-0.2, 0) is 12.1 Å². The van der Waals surface area contributed by atoms with E-state index in [0.29, 0.717) is 0 Å². The summed E-state index contributed by atoms with van der Waals surface area (Å²) in [6.07, 6.45) is 4.89. The predicted molar refractivity (Wildman–Crippen MR) is 158 cm³/mol. The van der Waals surface area contributed by atoms with Crippen LogP contribution < -0.4 is 5.32 Å². The largest absolute Gasteiger partial charge is 0.289 e. The zero-order valence-corrected chi connectivity index (χ0v) is 22.4. The maximum Gasteiger partial charge on any atom is 0.156 e. The van der Waals surface area contributed by atoms with E-state index in [4.69, 9.17) is 0 Å². The number of allylic oxidation sites excluding steroid dienone is 3. The second kappa shape index (κ2) is 15.4. The van der Waals surface area contributed by atoms with Crippen molar-refractivity contribution in [1.29, 1.82) is 0 Å². The molecule has 3 aromatic carbocycles. The SMILES string of the molecule is C=CC(=C)c1cc(CC)cc(-c2ccccc2)c1.C=NC(NC)(/C(C)=C/C)c1ccccc1.CC. The Morgan fingerprint density at radius 1 is 0.943 bits per heavy atom. The van der Waals surface area contributed by atoms with E-state index in [2.05, 4.69) is 105 Å². The Balaban J connectivity index is 0.000000332. The molecule has 0 heterocycles. The van der Waals surface area contributed by atoms with Crippen molar-refractivity contribution in [3.63, 3.8) is 0 Å². The van der Waals surface area contributed by atoms with E-state index in [-0.39, 0.29) is 0 Å². The van der Waals surface area contributed by atoms with Crippen LogP contribution in [0.25, 0.3) is 16.7 Å². The van der Waals surface area contributed by atoms with E-state index in [1.807, 2.05) is 58.2 Å². The molecule has 3 rings (SSSR count). The summed E-state index contributed by atoms with van der Waals surface area (Å²) in [6.45, 7) is 21.8. The number of rotatable bonds is 8. The van der Waals surface area contributed by atoms with Gasteiger partial charge in [-0.05, 0) is 79.1 Å². The molecule has 0 amide bonds. The molecule has 1 unspecified atom stereocenters. The van der Waals surface area contributed by atoms with E-state index in [0.717, 1.165) is 28.7 Å². The highest BCUT2D eigenvalue weighted by molar-refractivity contribution is 5.76. The lowest BCUT2D eigenvalue weighted by Gasteiger charge is -2.30. The topological polar surface area (TPSA) is 24.4 Å². The third-order valence-corrected chi connectivity index (χ3v) is 5.92. The molecule has 35 heavy (non-hydrogen) atoms. The van der Waals surface area contributed by atoms with Gasteiger partial charge in [0.15, 0.2) is 5.66 Å². The van der Waals surface area contributed by atoms with Gasteiger partial charge in [0.1, 0.15) is 0 Å². The maximum atomic E-state index is 4.25. The van der Waals surface area contributed by atoms with Crippen LogP contribution in [0.15, 0.2) is 115 Å². The van der Waals surface area contributed by atoms with Crippen LogP contribution in [0.5, 0.6) is 0 Å². The van der Waals surface area contributed by atoms with Crippen molar-refractivity contribution < 1.29 is 0 Å². The number of likely N-dealkylation sites (N-methyl/N-ethyl adjacent to an activating group) is 1. The fraction of sp³-hybridized carbons (Fsp3) is 0.242. The summed E-state index contributed by atoms with van der Waals surface area (Å²) in [5, 5.41) is 3.23. The summed E-state index contributed by atoms with van der Waals surface area (Å²) in [5.41, 5.74) is 7.71. The minimum absolute atomic E-state index is 0.490. The fourth-order valence-corrected chi connectivity index (χ4v) is 3.75. The summed E-state index contributed by atoms with van der Waals surface area (Å²) in [7, 11) is 1.90. The molecule has 0 aliphatic rings. The first-order valence-electron chi connectivity index (χ1n) is 12.3. The maximum absolute atomic E-state index is 4.25. The number of benzene rings is 3. The lowest BCUT2D eigenvalue weighted by molar-refractivity contribution is 0.452. The summed E-state index contributed by atoms with van der Waals surface area (Å²) < 4.78 is 0. The Labute approximate surface area is 213 Å². The molecule has 0 fully saturated rings. The third kappa shape index (κ3) is 7.77. The van der Waals surface area contributed by atoms with Crippen LogP contribution in [0.4, 0.5) is 0 Å². The van der Waals surface area contributed by atoms with E-state index in [1.165, 1.54) is 16.7 Å². The Hall–Kier alpha value is -3.49. The van der Waals surface area contributed by atoms with Gasteiger partial charge in [-0.3, -0.25) is 10.3 Å². The van der Waals surface area contributed by atoms with Gasteiger partial charge >= 0.3 is 0 Å². The van der Waals surface area contributed by atoms with Gasteiger partial charge < -0.3 is 0 Å². The van der Waals surface area contributed by atoms with E-state index in [9.17, 15) is 0 Å². The highest BCUT2D eigenvalue weighted by Crippen LogP contribution is 2.30. The second-order valence-corrected chi connectivity index (χ2v) is 7.82. The zero-order chi connectivity index (χ0) is 26.3. The Bertz CT molecular complexity index is 1090. The number of aliphatic imine (C=N–C) groups is 1. The quantitative estimate of drug-likeness (QED) is 0.200. The predicted octanol–water partition coefficient (Wildman–Crippen LogP) is 8.87. The molecule has 0 aromatic heterocycles. The highest BCUT2D eigenvalue weighted by Gasteiger charge is 2.29. The third-order valence-electron chi connectivity index (χ3n) is 5.92. The van der Waals surface area contributed by atoms with Gasteiger partial charge in [-0.2, -0.15) is 0 Å². The van der Waals surface area contributed by atoms with Gasteiger partial charge in [0, 0.05) is 0 Å². The molecule has 0 aliphatic carbocycles. The zero-order valence-electron chi connectivity index (χ0n) is 22.4. The van der Waals surface area contributed by atoms with Crippen molar-refractivity contribution in [1.82, 2.24) is 5.32 Å². The van der Waals surface area contributed by atoms with Crippen LogP contribution in [0.3, 0.4) is 0 Å². The lowest BCUT2D eigenvalue weighted by Crippen LogP contribution is -2.39. The normalized spacial score (nSPS) is 12.1. The number of nitrogens with one attached hydrogen (secondary N) is 1. The van der Waals surface area contributed by atoms with Gasteiger partial charge in [0.25, 0.3) is 0 Å². The van der Waals surface area contributed by atoms with Crippen LogP contribution in [0.2, 0.25) is 0 Å². The first kappa shape index (κ1) is 29.5. The van der Waals surface area contributed by atoms with Crippen molar-refractivity contribution in [2.75, 3.05) is 7.05 Å². The first-order valence-corrected chi connectivity index (χ1v) is 12.3. The number of nitrogens with zero attached hydrogens (tertiary/aromatic N) is 1. The molecule has 0 aliphatic heterocycles. The van der Waals surface area contributed by atoms with Gasteiger partial charge in [-0.1, -0.05) is 119 Å². The van der Waals surface area contributed by atoms with E-state index in [1.54, 1.807) is 0 Å². The molecule has 1 atom stereocenters. The van der Waals surface area contributed by atoms with E-state index >= 15 is 0 Å². The molecule has 0 radical (unpaired) electrons. The highest BCUT2D eigenvalue weighted by atomic mass is 15.1. The second-order valence-electron chi connectivity index (χ2n) is 7.82. The van der Waals surface area contributed by atoms with Gasteiger partial charge in [-0.25, -0.2) is 0 Å². The molecular formula is C33H42N2. The van der Waals surface area contributed by atoms with Crippen LogP contribution in [0, 0.1) is 0 Å². The van der Waals surface area contributed by atoms with Gasteiger partial charge in [-0.15, -0.1) is 0 Å². The molecule has 1 N–H and O–H groups in total. The number of hydrogen-bond acceptors (Lipinski definition) is 2. The molecule has 3 aromatic rings. The molecule has 0 bridgehead atoms. The van der Waals surface area contributed by atoms with Crippen LogP contribution in [0.1, 0.15) is 51.3 Å². The van der Waals surface area contributed by atoms with Crippen LogP contribution >= 0.6 is 0 Å². The Kier molecular flexibility index (Phi) is 13.0. The monoisotopic (exact) mass is 466 g/mol. The average molecular weight is 467 g/mol. The standard InChI is InChI=1S/C18H18.C13H18N2.C2H6/c1-4-14(3)17-11-15(5-2)12-18(13-17)16-9-7-6-8-10-16;1-5-11(2)13(14-3,15-4)12-9-7-6-8-10-12;1-2/h4,6-13H,1,3,5H2,2H3;5-10,15H,3H2,1-2,4H3;1-2H3/b;11-5+;. The molecule has 0 saturated heterocycles.